The summed E-state index contributed by atoms with van der Waals surface area (Å²) in [5.41, 5.74) is 2.34. The first-order valence-electron chi connectivity index (χ1n) is 7.01. The van der Waals surface area contributed by atoms with Gasteiger partial charge in [-0.3, -0.25) is 9.52 Å². The average Bonchev–Trinajstić information content (AvgIpc) is 2.90. The van der Waals surface area contributed by atoms with Gasteiger partial charge in [-0.1, -0.05) is 6.07 Å². The lowest BCUT2D eigenvalue weighted by Crippen LogP contribution is -2.21. The molecule has 120 valence electrons. The summed E-state index contributed by atoms with van der Waals surface area (Å²) in [6.07, 6.45) is 0. The maximum absolute atomic E-state index is 12.9. The van der Waals surface area contributed by atoms with E-state index < -0.39 is 15.8 Å². The fraction of sp³-hybridized carbons (Fsp3) is 0.188. The second kappa shape index (κ2) is 5.66. The van der Waals surface area contributed by atoms with E-state index in [0.29, 0.717) is 18.8 Å². The summed E-state index contributed by atoms with van der Waals surface area (Å²) in [4.78, 5) is 13.1. The average molecular weight is 334 g/mol. The number of hydrogen-bond acceptors (Lipinski definition) is 3. The largest absolute Gasteiger partial charge is 0.334 e. The van der Waals surface area contributed by atoms with Gasteiger partial charge in [-0.25, -0.2) is 12.8 Å². The lowest BCUT2D eigenvalue weighted by atomic mass is 10.1. The minimum Gasteiger partial charge on any atom is -0.334 e. The number of anilines is 1. The van der Waals surface area contributed by atoms with Gasteiger partial charge in [0.15, 0.2) is 0 Å². The van der Waals surface area contributed by atoms with E-state index in [4.69, 9.17) is 0 Å². The molecule has 0 saturated carbocycles. The van der Waals surface area contributed by atoms with E-state index in [1.165, 1.54) is 19.1 Å². The topological polar surface area (TPSA) is 66.5 Å². The van der Waals surface area contributed by atoms with Gasteiger partial charge in [0.1, 0.15) is 5.82 Å². The number of nitrogens with one attached hydrogen (secondary N) is 1. The van der Waals surface area contributed by atoms with Crippen LogP contribution in [0.25, 0.3) is 0 Å². The van der Waals surface area contributed by atoms with Gasteiger partial charge in [0.05, 0.1) is 4.90 Å². The predicted molar refractivity (Wildman–Crippen MR) is 83.6 cm³/mol. The van der Waals surface area contributed by atoms with E-state index in [1.807, 2.05) is 0 Å². The van der Waals surface area contributed by atoms with E-state index in [2.05, 4.69) is 4.72 Å². The van der Waals surface area contributed by atoms with Crippen LogP contribution in [-0.4, -0.2) is 19.2 Å². The Morgan fingerprint density at radius 2 is 1.74 bits per heavy atom. The van der Waals surface area contributed by atoms with Gasteiger partial charge in [0.25, 0.3) is 10.0 Å². The molecule has 5 nitrogen and oxygen atoms in total. The number of carbonyl (C=O) groups excluding carboxylic acids is 1. The third-order valence-corrected chi connectivity index (χ3v) is 5.15. The van der Waals surface area contributed by atoms with Crippen molar-refractivity contribution in [2.75, 3.05) is 4.72 Å². The number of hydrogen-bond donors (Lipinski definition) is 1. The number of carbonyl (C=O) groups is 1. The Bertz CT molecular complexity index is 863. The maximum atomic E-state index is 12.9. The standard InChI is InChI=1S/C16H15FN2O3S/c1-11(20)19-9-12-2-5-15(8-13(12)10-19)18-23(21,22)16-6-3-14(17)4-7-16/h2-8,18H,9-10H2,1H3. The van der Waals surface area contributed by atoms with Crippen molar-refractivity contribution in [3.63, 3.8) is 0 Å². The number of halogens is 1. The summed E-state index contributed by atoms with van der Waals surface area (Å²) in [7, 11) is -3.77. The number of sulfonamides is 1. The van der Waals surface area contributed by atoms with Crippen LogP contribution in [0.4, 0.5) is 10.1 Å². The van der Waals surface area contributed by atoms with Gasteiger partial charge in [0.2, 0.25) is 5.91 Å². The highest BCUT2D eigenvalue weighted by Gasteiger charge is 2.22. The number of fused-ring (bicyclic) bond motifs is 1. The van der Waals surface area contributed by atoms with Crippen molar-refractivity contribution < 1.29 is 17.6 Å². The molecule has 0 fully saturated rings. The van der Waals surface area contributed by atoms with Gasteiger partial charge in [0, 0.05) is 25.7 Å². The molecule has 0 aromatic heterocycles. The van der Waals surface area contributed by atoms with Crippen LogP contribution < -0.4 is 4.72 Å². The Morgan fingerprint density at radius 3 is 2.39 bits per heavy atom. The molecule has 1 heterocycles. The molecule has 1 N–H and O–H groups in total. The molecule has 2 aromatic carbocycles. The zero-order chi connectivity index (χ0) is 16.6. The SMILES string of the molecule is CC(=O)N1Cc2ccc(NS(=O)(=O)c3ccc(F)cc3)cc2C1. The molecule has 3 rings (SSSR count). The predicted octanol–water partition coefficient (Wildman–Crippen LogP) is 2.49. The third kappa shape index (κ3) is 3.19. The summed E-state index contributed by atoms with van der Waals surface area (Å²) in [5.74, 6) is -0.513. The van der Waals surface area contributed by atoms with Crippen LogP contribution >= 0.6 is 0 Å². The number of amides is 1. The summed E-state index contributed by atoms with van der Waals surface area (Å²) in [6, 6.07) is 9.80. The van der Waals surface area contributed by atoms with E-state index in [9.17, 15) is 17.6 Å². The van der Waals surface area contributed by atoms with Crippen LogP contribution in [0, 0.1) is 5.82 Å². The molecule has 23 heavy (non-hydrogen) atoms. The minimum absolute atomic E-state index is 0.00948. The summed E-state index contributed by atoms with van der Waals surface area (Å²) >= 11 is 0. The molecule has 0 atom stereocenters. The first kappa shape index (κ1) is 15.5. The van der Waals surface area contributed by atoms with E-state index in [0.717, 1.165) is 23.3 Å². The Hall–Kier alpha value is -2.41. The van der Waals surface area contributed by atoms with Crippen LogP contribution in [0.1, 0.15) is 18.1 Å². The van der Waals surface area contributed by atoms with E-state index in [1.54, 1.807) is 23.1 Å². The van der Waals surface area contributed by atoms with E-state index in [-0.39, 0.29) is 10.8 Å². The van der Waals surface area contributed by atoms with Crippen LogP contribution in [0.3, 0.4) is 0 Å². The summed E-state index contributed by atoms with van der Waals surface area (Å²) in [6.45, 7) is 2.51. The van der Waals surface area contributed by atoms with Crippen LogP contribution in [0.15, 0.2) is 47.4 Å². The molecule has 7 heteroatoms. The van der Waals surface area contributed by atoms with Gasteiger partial charge in [-0.15, -0.1) is 0 Å². The molecule has 1 aliphatic heterocycles. The molecular weight excluding hydrogens is 319 g/mol. The molecule has 0 aliphatic carbocycles. The molecule has 0 spiro atoms. The first-order valence-corrected chi connectivity index (χ1v) is 8.49. The molecule has 0 unspecified atom stereocenters. The Kier molecular flexibility index (Phi) is 3.81. The minimum atomic E-state index is -3.77. The van der Waals surface area contributed by atoms with E-state index >= 15 is 0 Å². The Morgan fingerprint density at radius 1 is 1.09 bits per heavy atom. The second-order valence-corrected chi connectivity index (χ2v) is 7.10. The van der Waals surface area contributed by atoms with Gasteiger partial charge < -0.3 is 4.90 Å². The molecule has 1 aliphatic rings. The normalized spacial score (nSPS) is 13.7. The molecule has 0 bridgehead atoms. The fourth-order valence-electron chi connectivity index (χ4n) is 2.51. The van der Waals surface area contributed by atoms with Gasteiger partial charge >= 0.3 is 0 Å². The lowest BCUT2D eigenvalue weighted by Gasteiger charge is -2.11. The van der Waals surface area contributed by atoms with Gasteiger partial charge in [-0.05, 0) is 47.5 Å². The highest BCUT2D eigenvalue weighted by atomic mass is 32.2. The lowest BCUT2D eigenvalue weighted by molar-refractivity contribution is -0.129. The Balaban J connectivity index is 1.83. The second-order valence-electron chi connectivity index (χ2n) is 5.42. The fourth-order valence-corrected chi connectivity index (χ4v) is 3.56. The zero-order valence-electron chi connectivity index (χ0n) is 12.4. The molecule has 1 amide bonds. The van der Waals surface area contributed by atoms with Crippen molar-refractivity contribution in [3.8, 4) is 0 Å². The quantitative estimate of drug-likeness (QED) is 0.938. The van der Waals surface area contributed by atoms with Crippen molar-refractivity contribution in [3.05, 3.63) is 59.4 Å². The Labute approximate surface area is 133 Å². The van der Waals surface area contributed by atoms with Crippen molar-refractivity contribution >= 4 is 21.6 Å². The van der Waals surface area contributed by atoms with Crippen LogP contribution in [-0.2, 0) is 27.9 Å². The molecular formula is C16H15FN2O3S. The maximum Gasteiger partial charge on any atom is 0.261 e. The van der Waals surface area contributed by atoms with Crippen LogP contribution in [0.5, 0.6) is 0 Å². The third-order valence-electron chi connectivity index (χ3n) is 3.75. The smallest absolute Gasteiger partial charge is 0.261 e. The first-order chi connectivity index (χ1) is 10.8. The number of rotatable bonds is 3. The van der Waals surface area contributed by atoms with Crippen molar-refractivity contribution in [2.45, 2.75) is 24.9 Å². The number of nitrogens with zero attached hydrogens (tertiary/aromatic N) is 1. The molecule has 0 saturated heterocycles. The highest BCUT2D eigenvalue weighted by Crippen LogP contribution is 2.27. The van der Waals surface area contributed by atoms with Crippen molar-refractivity contribution in [2.24, 2.45) is 0 Å². The highest BCUT2D eigenvalue weighted by molar-refractivity contribution is 7.92. The van der Waals surface area contributed by atoms with Gasteiger partial charge in [-0.2, -0.15) is 0 Å². The van der Waals surface area contributed by atoms with Crippen molar-refractivity contribution in [1.82, 2.24) is 4.90 Å². The van der Waals surface area contributed by atoms with Crippen LogP contribution in [0.2, 0.25) is 0 Å². The zero-order valence-corrected chi connectivity index (χ0v) is 13.2. The molecule has 0 radical (unpaired) electrons. The monoisotopic (exact) mass is 334 g/mol. The molecule has 2 aromatic rings. The number of benzene rings is 2. The summed E-state index contributed by atoms with van der Waals surface area (Å²) < 4.78 is 40.0. The summed E-state index contributed by atoms with van der Waals surface area (Å²) in [5, 5.41) is 0. The van der Waals surface area contributed by atoms with Crippen molar-refractivity contribution in [1.29, 1.82) is 0 Å².